The van der Waals surface area contributed by atoms with Crippen molar-refractivity contribution in [2.75, 3.05) is 11.1 Å². The number of nitrogens with zero attached hydrogens (tertiary/aromatic N) is 4. The van der Waals surface area contributed by atoms with Gasteiger partial charge in [0.05, 0.1) is 22.5 Å². The van der Waals surface area contributed by atoms with E-state index in [2.05, 4.69) is 62.5 Å². The molecule has 2 aromatic heterocycles. The molecule has 40 heavy (non-hydrogen) atoms. The molecule has 0 bridgehead atoms. The van der Waals surface area contributed by atoms with Crippen molar-refractivity contribution in [3.05, 3.63) is 94.2 Å². The lowest BCUT2D eigenvalue weighted by atomic mass is 9.87. The average Bonchev–Trinajstić information content (AvgIpc) is 3.54. The molecule has 0 radical (unpaired) electrons. The van der Waals surface area contributed by atoms with E-state index >= 15 is 0 Å². The van der Waals surface area contributed by atoms with Crippen molar-refractivity contribution in [3.8, 4) is 5.69 Å². The van der Waals surface area contributed by atoms with Gasteiger partial charge in [-0.1, -0.05) is 84.1 Å². The lowest BCUT2D eigenvalue weighted by molar-refractivity contribution is -0.113. The number of amides is 2. The van der Waals surface area contributed by atoms with Crippen LogP contribution in [0, 0.1) is 0 Å². The van der Waals surface area contributed by atoms with Crippen molar-refractivity contribution < 1.29 is 9.59 Å². The van der Waals surface area contributed by atoms with Gasteiger partial charge in [-0.25, -0.2) is 4.98 Å². The van der Waals surface area contributed by atoms with Crippen LogP contribution in [0.3, 0.4) is 0 Å². The Morgan fingerprint density at radius 3 is 2.40 bits per heavy atom. The summed E-state index contributed by atoms with van der Waals surface area (Å²) in [5.41, 5.74) is 3.41. The fourth-order valence-electron chi connectivity index (χ4n) is 3.95. The summed E-state index contributed by atoms with van der Waals surface area (Å²) in [5.74, 6) is 0.283. The van der Waals surface area contributed by atoms with Crippen LogP contribution in [0.4, 0.5) is 5.13 Å². The van der Waals surface area contributed by atoms with Gasteiger partial charge < -0.3 is 10.6 Å². The summed E-state index contributed by atoms with van der Waals surface area (Å²) in [5, 5.41) is 15.6. The lowest BCUT2D eigenvalue weighted by Gasteiger charge is -2.19. The molecule has 2 amide bonds. The van der Waals surface area contributed by atoms with Crippen molar-refractivity contribution in [1.82, 2.24) is 25.1 Å². The number of halogens is 1. The van der Waals surface area contributed by atoms with E-state index in [4.69, 9.17) is 0 Å². The number of benzene rings is 3. The zero-order valence-electron chi connectivity index (χ0n) is 22.1. The zero-order chi connectivity index (χ0) is 28.3. The van der Waals surface area contributed by atoms with Crippen LogP contribution in [0.1, 0.15) is 42.5 Å². The Hall–Kier alpha value is -3.54. The first-order chi connectivity index (χ1) is 19.2. The van der Waals surface area contributed by atoms with Crippen molar-refractivity contribution in [2.24, 2.45) is 0 Å². The molecule has 2 N–H and O–H groups in total. The Kier molecular flexibility index (Phi) is 8.34. The second-order valence-corrected chi connectivity index (χ2v) is 12.9. The molecule has 0 aliphatic rings. The lowest BCUT2D eigenvalue weighted by Crippen LogP contribution is -2.25. The maximum Gasteiger partial charge on any atom is 0.251 e. The highest BCUT2D eigenvalue weighted by atomic mass is 79.9. The number of fused-ring (bicyclic) bond motifs is 1. The minimum atomic E-state index is -0.199. The van der Waals surface area contributed by atoms with E-state index in [1.54, 1.807) is 0 Å². The molecule has 0 aliphatic carbocycles. The number of carbonyl (C=O) groups is 2. The largest absolute Gasteiger partial charge is 0.345 e. The second-order valence-electron chi connectivity index (χ2n) is 10.0. The molecule has 0 aliphatic heterocycles. The summed E-state index contributed by atoms with van der Waals surface area (Å²) < 4.78 is 3.80. The number of nitrogens with one attached hydrogen (secondary N) is 2. The van der Waals surface area contributed by atoms with E-state index in [1.165, 1.54) is 23.1 Å². The molecule has 0 saturated heterocycles. The Bertz CT molecular complexity index is 1620. The summed E-state index contributed by atoms with van der Waals surface area (Å²) in [6.07, 6.45) is 0. The van der Waals surface area contributed by atoms with E-state index in [-0.39, 0.29) is 29.5 Å². The topological polar surface area (TPSA) is 102 Å². The van der Waals surface area contributed by atoms with Crippen LogP contribution in [-0.4, -0.2) is 37.3 Å². The summed E-state index contributed by atoms with van der Waals surface area (Å²) in [6.45, 7) is 6.58. The molecule has 0 spiro atoms. The Labute approximate surface area is 248 Å². The van der Waals surface area contributed by atoms with E-state index in [9.17, 15) is 9.59 Å². The molecular weight excluding hydrogens is 608 g/mol. The van der Waals surface area contributed by atoms with Crippen LogP contribution in [0.5, 0.6) is 0 Å². The van der Waals surface area contributed by atoms with Gasteiger partial charge in [0.25, 0.3) is 5.91 Å². The van der Waals surface area contributed by atoms with Gasteiger partial charge in [0.15, 0.2) is 16.1 Å². The summed E-state index contributed by atoms with van der Waals surface area (Å²) in [7, 11) is 0. The molecule has 5 rings (SSSR count). The van der Waals surface area contributed by atoms with Crippen LogP contribution in [0.15, 0.2) is 82.4 Å². The predicted molar refractivity (Wildman–Crippen MR) is 164 cm³/mol. The van der Waals surface area contributed by atoms with Crippen molar-refractivity contribution >= 4 is 66.2 Å². The summed E-state index contributed by atoms with van der Waals surface area (Å²) in [6, 6.07) is 23.1. The third-order valence-electron chi connectivity index (χ3n) is 6.08. The first-order valence-corrected chi connectivity index (χ1v) is 15.1. The SMILES string of the molecule is CC(C)(C)c1ccc(C(=O)NCc2nnc(SCC(=O)Nc3nc4ccccc4s3)n2-c2ccc(Br)cc2)cc1. The number of carbonyl (C=O) groups excluding carboxylic acids is 2. The highest BCUT2D eigenvalue weighted by Crippen LogP contribution is 2.27. The monoisotopic (exact) mass is 634 g/mol. The molecular formula is C29H27BrN6O2S2. The molecule has 0 unspecified atom stereocenters. The van der Waals surface area contributed by atoms with E-state index in [0.29, 0.717) is 21.7 Å². The van der Waals surface area contributed by atoms with E-state index in [0.717, 1.165) is 25.9 Å². The maximum absolute atomic E-state index is 12.9. The van der Waals surface area contributed by atoms with Crippen molar-refractivity contribution in [1.29, 1.82) is 0 Å². The molecule has 5 aromatic rings. The summed E-state index contributed by atoms with van der Waals surface area (Å²) in [4.78, 5) is 30.1. The van der Waals surface area contributed by atoms with Crippen molar-refractivity contribution in [2.45, 2.75) is 37.9 Å². The average molecular weight is 636 g/mol. The highest BCUT2D eigenvalue weighted by Gasteiger charge is 2.19. The van der Waals surface area contributed by atoms with Crippen LogP contribution < -0.4 is 10.6 Å². The molecule has 8 nitrogen and oxygen atoms in total. The number of thioether (sulfide) groups is 1. The Balaban J connectivity index is 1.29. The van der Waals surface area contributed by atoms with Crippen LogP contribution in [-0.2, 0) is 16.8 Å². The van der Waals surface area contributed by atoms with Gasteiger partial charge in [0, 0.05) is 15.7 Å². The van der Waals surface area contributed by atoms with E-state index < -0.39 is 0 Å². The normalized spacial score (nSPS) is 11.5. The standard InChI is InChI=1S/C29H27BrN6O2S2/c1-29(2,3)19-10-8-18(9-11-19)26(38)31-16-24-34-35-28(36(24)21-14-12-20(30)13-15-21)39-17-25(37)33-27-32-22-6-4-5-7-23(22)40-27/h4-15H,16-17H2,1-3H3,(H,31,38)(H,32,33,37). The number of rotatable bonds is 8. The number of anilines is 1. The zero-order valence-corrected chi connectivity index (χ0v) is 25.4. The van der Waals surface area contributed by atoms with E-state index in [1.807, 2.05) is 77.4 Å². The predicted octanol–water partition coefficient (Wildman–Crippen LogP) is 6.60. The van der Waals surface area contributed by atoms with Gasteiger partial charge in [-0.05, 0) is 59.5 Å². The van der Waals surface area contributed by atoms with Gasteiger partial charge in [-0.15, -0.1) is 10.2 Å². The smallest absolute Gasteiger partial charge is 0.251 e. The number of para-hydroxylation sites is 1. The number of hydrogen-bond acceptors (Lipinski definition) is 7. The molecule has 3 aromatic carbocycles. The van der Waals surface area contributed by atoms with Gasteiger partial charge in [0.1, 0.15) is 0 Å². The summed E-state index contributed by atoms with van der Waals surface area (Å²) >= 11 is 6.17. The molecule has 0 fully saturated rings. The van der Waals surface area contributed by atoms with Gasteiger partial charge >= 0.3 is 0 Å². The first-order valence-electron chi connectivity index (χ1n) is 12.5. The van der Waals surface area contributed by atoms with Gasteiger partial charge in [0.2, 0.25) is 5.91 Å². The fraction of sp³-hybridized carbons (Fsp3) is 0.207. The van der Waals surface area contributed by atoms with Gasteiger partial charge in [-0.3, -0.25) is 14.2 Å². The minimum absolute atomic E-state index is 0.00939. The number of aromatic nitrogens is 4. The molecule has 0 atom stereocenters. The Morgan fingerprint density at radius 1 is 0.975 bits per heavy atom. The molecule has 2 heterocycles. The minimum Gasteiger partial charge on any atom is -0.345 e. The fourth-order valence-corrected chi connectivity index (χ4v) is 5.87. The molecule has 0 saturated carbocycles. The highest BCUT2D eigenvalue weighted by molar-refractivity contribution is 9.10. The molecule has 204 valence electrons. The number of thiazole rings is 1. The Morgan fingerprint density at radius 2 is 1.70 bits per heavy atom. The van der Waals surface area contributed by atoms with Crippen molar-refractivity contribution in [3.63, 3.8) is 0 Å². The third-order valence-corrected chi connectivity index (χ3v) is 8.49. The second kappa shape index (κ2) is 11.9. The third kappa shape index (κ3) is 6.60. The maximum atomic E-state index is 12.9. The van der Waals surface area contributed by atoms with Crippen LogP contribution in [0.25, 0.3) is 15.9 Å². The number of hydrogen-bond donors (Lipinski definition) is 2. The van der Waals surface area contributed by atoms with Gasteiger partial charge in [-0.2, -0.15) is 0 Å². The first kappa shape index (κ1) is 28.0. The van der Waals surface area contributed by atoms with Crippen LogP contribution in [0.2, 0.25) is 0 Å². The quantitative estimate of drug-likeness (QED) is 0.187. The molecule has 11 heteroatoms. The van der Waals surface area contributed by atoms with Crippen LogP contribution >= 0.6 is 39.0 Å².